The summed E-state index contributed by atoms with van der Waals surface area (Å²) >= 11 is 0. The van der Waals surface area contributed by atoms with Gasteiger partial charge in [-0.25, -0.2) is 0 Å². The molecule has 1 rings (SSSR count). The number of phenols is 2. The van der Waals surface area contributed by atoms with Gasteiger partial charge in [-0.05, 0) is 25.5 Å². The van der Waals surface area contributed by atoms with Gasteiger partial charge in [0.1, 0.15) is 11.5 Å². The highest BCUT2D eigenvalue weighted by molar-refractivity contribution is 5.98. The van der Waals surface area contributed by atoms with Crippen molar-refractivity contribution in [2.24, 2.45) is 0 Å². The van der Waals surface area contributed by atoms with Crippen molar-refractivity contribution in [2.45, 2.75) is 25.9 Å². The molecule has 4 heteroatoms. The molecule has 0 aromatic heterocycles. The first-order valence-corrected chi connectivity index (χ1v) is 4.74. The molecule has 1 atom stereocenters. The topological polar surface area (TPSA) is 77.8 Å². The Morgan fingerprint density at radius 2 is 2.07 bits per heavy atom. The number of aromatic hydroxyl groups is 2. The summed E-state index contributed by atoms with van der Waals surface area (Å²) in [5.41, 5.74) is 0.174. The van der Waals surface area contributed by atoms with Crippen molar-refractivity contribution >= 4 is 5.78 Å². The Bertz CT molecular complexity index is 358. The van der Waals surface area contributed by atoms with Gasteiger partial charge in [0, 0.05) is 12.5 Å². The van der Waals surface area contributed by atoms with Crippen molar-refractivity contribution in [3.05, 3.63) is 23.8 Å². The van der Waals surface area contributed by atoms with Crippen LogP contribution in [0.15, 0.2) is 18.2 Å². The second-order valence-corrected chi connectivity index (χ2v) is 3.51. The summed E-state index contributed by atoms with van der Waals surface area (Å²) in [5.74, 6) is -0.557. The molecule has 0 saturated heterocycles. The molecule has 1 aromatic rings. The predicted molar refractivity (Wildman–Crippen MR) is 55.0 cm³/mol. The van der Waals surface area contributed by atoms with Crippen LogP contribution < -0.4 is 0 Å². The molecule has 0 aliphatic heterocycles. The van der Waals surface area contributed by atoms with Gasteiger partial charge in [-0.1, -0.05) is 0 Å². The second kappa shape index (κ2) is 4.79. The Balaban J connectivity index is 2.74. The molecule has 0 radical (unpaired) electrons. The van der Waals surface area contributed by atoms with Gasteiger partial charge < -0.3 is 15.3 Å². The van der Waals surface area contributed by atoms with Gasteiger partial charge in [-0.2, -0.15) is 0 Å². The lowest BCUT2D eigenvalue weighted by Gasteiger charge is -2.05. The summed E-state index contributed by atoms with van der Waals surface area (Å²) in [5, 5.41) is 27.4. The minimum absolute atomic E-state index is 0.0837. The normalized spacial score (nSPS) is 12.4. The van der Waals surface area contributed by atoms with Crippen LogP contribution in [0.1, 0.15) is 30.1 Å². The van der Waals surface area contributed by atoms with Gasteiger partial charge in [0.25, 0.3) is 0 Å². The number of hydrogen-bond donors (Lipinski definition) is 3. The summed E-state index contributed by atoms with van der Waals surface area (Å²) in [6.45, 7) is 1.60. The number of hydrogen-bond acceptors (Lipinski definition) is 4. The van der Waals surface area contributed by atoms with Gasteiger partial charge >= 0.3 is 0 Å². The number of aliphatic hydroxyl groups excluding tert-OH is 1. The highest BCUT2D eigenvalue weighted by atomic mass is 16.3. The minimum Gasteiger partial charge on any atom is -0.508 e. The monoisotopic (exact) mass is 210 g/mol. The van der Waals surface area contributed by atoms with Crippen LogP contribution in [0, 0.1) is 0 Å². The number of carbonyl (C=O) groups excluding carboxylic acids is 1. The molecule has 0 fully saturated rings. The Labute approximate surface area is 87.8 Å². The molecule has 3 N–H and O–H groups in total. The third-order valence-corrected chi connectivity index (χ3v) is 2.07. The fraction of sp³-hybridized carbons (Fsp3) is 0.364. The Morgan fingerprint density at radius 1 is 1.40 bits per heavy atom. The first kappa shape index (κ1) is 11.5. The Kier molecular flexibility index (Phi) is 3.68. The van der Waals surface area contributed by atoms with Crippen LogP contribution in [0.25, 0.3) is 0 Å². The number of benzene rings is 1. The summed E-state index contributed by atoms with van der Waals surface area (Å²) in [4.78, 5) is 11.5. The van der Waals surface area contributed by atoms with Gasteiger partial charge in [0.2, 0.25) is 0 Å². The second-order valence-electron chi connectivity index (χ2n) is 3.51. The summed E-state index contributed by atoms with van der Waals surface area (Å²) < 4.78 is 0. The standard InChI is InChI=1S/C11H14O4/c1-7(12)2-5-10(14)9-4-3-8(13)6-11(9)15/h3-4,6-7,12-13,15H,2,5H2,1H3. The zero-order chi connectivity index (χ0) is 11.4. The maximum absolute atomic E-state index is 11.5. The molecule has 0 saturated carbocycles. The Morgan fingerprint density at radius 3 is 2.60 bits per heavy atom. The molecule has 0 aliphatic carbocycles. The zero-order valence-electron chi connectivity index (χ0n) is 8.47. The van der Waals surface area contributed by atoms with E-state index in [1.807, 2.05) is 0 Å². The van der Waals surface area contributed by atoms with Gasteiger partial charge in [0.15, 0.2) is 5.78 Å². The fourth-order valence-corrected chi connectivity index (χ4v) is 1.23. The van der Waals surface area contributed by atoms with E-state index in [-0.39, 0.29) is 29.3 Å². The van der Waals surface area contributed by atoms with Crippen LogP contribution in [-0.2, 0) is 0 Å². The first-order chi connectivity index (χ1) is 7.00. The molecule has 82 valence electrons. The van der Waals surface area contributed by atoms with Gasteiger partial charge in [-0.3, -0.25) is 4.79 Å². The van der Waals surface area contributed by atoms with Crippen LogP contribution >= 0.6 is 0 Å². The molecule has 0 bridgehead atoms. The molecule has 4 nitrogen and oxygen atoms in total. The SMILES string of the molecule is CC(O)CCC(=O)c1ccc(O)cc1O. The van der Waals surface area contributed by atoms with E-state index in [9.17, 15) is 9.90 Å². The van der Waals surface area contributed by atoms with Crippen molar-refractivity contribution in [1.82, 2.24) is 0 Å². The molecular weight excluding hydrogens is 196 g/mol. The molecular formula is C11H14O4. The average Bonchev–Trinajstić information content (AvgIpc) is 2.14. The number of ketones is 1. The lowest BCUT2D eigenvalue weighted by atomic mass is 10.0. The molecule has 0 heterocycles. The van der Waals surface area contributed by atoms with Crippen molar-refractivity contribution in [3.8, 4) is 11.5 Å². The van der Waals surface area contributed by atoms with Crippen molar-refractivity contribution in [1.29, 1.82) is 0 Å². The van der Waals surface area contributed by atoms with Gasteiger partial charge in [-0.15, -0.1) is 0 Å². The number of phenolic OH excluding ortho intramolecular Hbond substituents is 2. The fourth-order valence-electron chi connectivity index (χ4n) is 1.23. The smallest absolute Gasteiger partial charge is 0.166 e. The van der Waals surface area contributed by atoms with Crippen LogP contribution in [-0.4, -0.2) is 27.2 Å². The van der Waals surface area contributed by atoms with E-state index >= 15 is 0 Å². The van der Waals surface area contributed by atoms with E-state index in [1.165, 1.54) is 12.1 Å². The van der Waals surface area contributed by atoms with Crippen LogP contribution in [0.5, 0.6) is 11.5 Å². The maximum atomic E-state index is 11.5. The summed E-state index contributed by atoms with van der Waals surface area (Å²) in [6, 6.07) is 3.83. The highest BCUT2D eigenvalue weighted by Gasteiger charge is 2.12. The highest BCUT2D eigenvalue weighted by Crippen LogP contribution is 2.24. The van der Waals surface area contributed by atoms with E-state index < -0.39 is 6.10 Å². The molecule has 1 unspecified atom stereocenters. The van der Waals surface area contributed by atoms with Crippen LogP contribution in [0.2, 0.25) is 0 Å². The zero-order valence-corrected chi connectivity index (χ0v) is 8.47. The maximum Gasteiger partial charge on any atom is 0.166 e. The van der Waals surface area contributed by atoms with E-state index in [0.29, 0.717) is 6.42 Å². The molecule has 0 spiro atoms. The molecule has 0 aliphatic rings. The summed E-state index contributed by atoms with van der Waals surface area (Å²) in [7, 11) is 0. The van der Waals surface area contributed by atoms with E-state index in [0.717, 1.165) is 6.07 Å². The lowest BCUT2D eigenvalue weighted by Crippen LogP contribution is -2.06. The van der Waals surface area contributed by atoms with E-state index in [4.69, 9.17) is 10.2 Å². The molecule has 0 amide bonds. The third-order valence-electron chi connectivity index (χ3n) is 2.07. The van der Waals surface area contributed by atoms with Crippen molar-refractivity contribution in [2.75, 3.05) is 0 Å². The number of rotatable bonds is 4. The third kappa shape index (κ3) is 3.25. The van der Waals surface area contributed by atoms with Crippen LogP contribution in [0.3, 0.4) is 0 Å². The summed E-state index contributed by atoms with van der Waals surface area (Å²) in [6.07, 6.45) is 0.00279. The average molecular weight is 210 g/mol. The minimum atomic E-state index is -0.534. The largest absolute Gasteiger partial charge is 0.508 e. The van der Waals surface area contributed by atoms with Crippen molar-refractivity contribution in [3.63, 3.8) is 0 Å². The molecule has 15 heavy (non-hydrogen) atoms. The Hall–Kier alpha value is -1.55. The van der Waals surface area contributed by atoms with Crippen molar-refractivity contribution < 1.29 is 20.1 Å². The number of carbonyl (C=O) groups is 1. The number of Topliss-reactive ketones (excluding diaryl/α,β-unsaturated/α-hetero) is 1. The van der Waals surface area contributed by atoms with Gasteiger partial charge in [0.05, 0.1) is 11.7 Å². The first-order valence-electron chi connectivity index (χ1n) is 4.74. The predicted octanol–water partition coefficient (Wildman–Crippen LogP) is 1.44. The number of aliphatic hydroxyl groups is 1. The lowest BCUT2D eigenvalue weighted by molar-refractivity contribution is 0.0946. The van der Waals surface area contributed by atoms with E-state index in [1.54, 1.807) is 6.92 Å². The van der Waals surface area contributed by atoms with E-state index in [2.05, 4.69) is 0 Å². The quantitative estimate of drug-likeness (QED) is 0.657. The molecule has 1 aromatic carbocycles. The van der Waals surface area contributed by atoms with Crippen LogP contribution in [0.4, 0.5) is 0 Å².